The van der Waals surface area contributed by atoms with Gasteiger partial charge in [-0.05, 0) is 54.3 Å². The van der Waals surface area contributed by atoms with Gasteiger partial charge in [0.2, 0.25) is 5.91 Å². The van der Waals surface area contributed by atoms with Gasteiger partial charge in [-0.15, -0.1) is 0 Å². The van der Waals surface area contributed by atoms with Gasteiger partial charge >= 0.3 is 6.18 Å². The van der Waals surface area contributed by atoms with Gasteiger partial charge < -0.3 is 9.73 Å². The quantitative estimate of drug-likeness (QED) is 0.602. The van der Waals surface area contributed by atoms with E-state index >= 15 is 0 Å². The predicted octanol–water partition coefficient (Wildman–Crippen LogP) is 6.06. The third kappa shape index (κ3) is 4.15. The van der Waals surface area contributed by atoms with Crippen LogP contribution in [0.5, 0.6) is 0 Å². The van der Waals surface area contributed by atoms with E-state index in [1.54, 1.807) is 0 Å². The molecule has 3 nitrogen and oxygen atoms in total. The van der Waals surface area contributed by atoms with Crippen molar-refractivity contribution in [2.75, 3.05) is 5.32 Å². The zero-order valence-electron chi connectivity index (χ0n) is 15.3. The minimum atomic E-state index is -4.45. The zero-order chi connectivity index (χ0) is 19.8. The summed E-state index contributed by atoms with van der Waals surface area (Å²) in [6, 6.07) is 8.55. The average molecular weight is 375 g/mol. The topological polar surface area (TPSA) is 42.2 Å². The highest BCUT2D eigenvalue weighted by atomic mass is 19.4. The minimum absolute atomic E-state index is 0.0177. The van der Waals surface area contributed by atoms with Crippen molar-refractivity contribution in [3.05, 3.63) is 64.9 Å². The van der Waals surface area contributed by atoms with Crippen molar-refractivity contribution in [2.24, 2.45) is 0 Å². The molecule has 2 aromatic carbocycles. The first-order chi connectivity index (χ1) is 12.6. The largest absolute Gasteiger partial charge is 0.464 e. The lowest BCUT2D eigenvalue weighted by molar-refractivity contribution is -0.137. The molecule has 1 N–H and O–H groups in total. The highest BCUT2D eigenvalue weighted by molar-refractivity contribution is 5.95. The van der Waals surface area contributed by atoms with Crippen molar-refractivity contribution in [1.29, 1.82) is 0 Å². The van der Waals surface area contributed by atoms with Gasteiger partial charge in [-0.2, -0.15) is 13.2 Å². The molecule has 3 aromatic rings. The van der Waals surface area contributed by atoms with E-state index in [9.17, 15) is 18.0 Å². The number of aryl methyl sites for hydroxylation is 1. The van der Waals surface area contributed by atoms with Gasteiger partial charge in [-0.25, -0.2) is 0 Å². The van der Waals surface area contributed by atoms with E-state index in [0.717, 1.165) is 23.1 Å². The lowest BCUT2D eigenvalue weighted by Crippen LogP contribution is -2.15. The number of anilines is 1. The van der Waals surface area contributed by atoms with E-state index in [0.29, 0.717) is 17.1 Å². The van der Waals surface area contributed by atoms with Crippen molar-refractivity contribution in [3.8, 4) is 0 Å². The second kappa shape index (κ2) is 7.10. The highest BCUT2D eigenvalue weighted by Crippen LogP contribution is 2.31. The normalized spacial score (nSPS) is 12.0. The molecular formula is C21H20F3NO2. The Morgan fingerprint density at radius 3 is 2.59 bits per heavy atom. The number of hydrogen-bond acceptors (Lipinski definition) is 2. The molecule has 1 amide bonds. The van der Waals surface area contributed by atoms with Crippen molar-refractivity contribution in [1.82, 2.24) is 0 Å². The minimum Gasteiger partial charge on any atom is -0.464 e. The van der Waals surface area contributed by atoms with E-state index < -0.39 is 17.6 Å². The Labute approximate surface area is 155 Å². The van der Waals surface area contributed by atoms with Crippen LogP contribution < -0.4 is 5.32 Å². The maximum atomic E-state index is 12.8. The Bertz CT molecular complexity index is 987. The number of nitrogens with one attached hydrogen (secondary N) is 1. The second-order valence-corrected chi connectivity index (χ2v) is 6.92. The summed E-state index contributed by atoms with van der Waals surface area (Å²) in [7, 11) is 0. The molecule has 0 radical (unpaired) electrons. The number of benzene rings is 2. The molecule has 0 spiro atoms. The number of amides is 1. The third-order valence-corrected chi connectivity index (χ3v) is 4.49. The molecule has 1 heterocycles. The fourth-order valence-electron chi connectivity index (χ4n) is 3.16. The van der Waals surface area contributed by atoms with Crippen LogP contribution in [0.2, 0.25) is 0 Å². The van der Waals surface area contributed by atoms with E-state index in [-0.39, 0.29) is 12.1 Å². The summed E-state index contributed by atoms with van der Waals surface area (Å²) in [5.41, 5.74) is 3.00. The summed E-state index contributed by atoms with van der Waals surface area (Å²) in [6.45, 7) is 6.19. The molecule has 1 aromatic heterocycles. The van der Waals surface area contributed by atoms with E-state index in [4.69, 9.17) is 4.42 Å². The first-order valence-corrected chi connectivity index (χ1v) is 8.63. The summed E-state index contributed by atoms with van der Waals surface area (Å²) in [6.07, 6.45) is -2.91. The van der Waals surface area contributed by atoms with Gasteiger partial charge in [0.25, 0.3) is 0 Å². The number of halogens is 3. The molecule has 3 rings (SSSR count). The molecule has 0 unspecified atom stereocenters. The van der Waals surface area contributed by atoms with Crippen LogP contribution in [0.3, 0.4) is 0 Å². The maximum absolute atomic E-state index is 12.8. The number of furan rings is 1. The monoisotopic (exact) mass is 375 g/mol. The number of fused-ring (bicyclic) bond motifs is 1. The number of hydrogen-bond donors (Lipinski definition) is 1. The molecule has 0 atom stereocenters. The smallest absolute Gasteiger partial charge is 0.416 e. The molecule has 0 saturated carbocycles. The number of alkyl halides is 3. The molecule has 27 heavy (non-hydrogen) atoms. The fourth-order valence-corrected chi connectivity index (χ4v) is 3.16. The van der Waals surface area contributed by atoms with Crippen LogP contribution in [0.25, 0.3) is 11.0 Å². The van der Waals surface area contributed by atoms with E-state index in [2.05, 4.69) is 19.2 Å². The highest BCUT2D eigenvalue weighted by Gasteiger charge is 2.30. The molecule has 0 bridgehead atoms. The number of carbonyl (C=O) groups is 1. The Kier molecular flexibility index (Phi) is 5.00. The second-order valence-electron chi connectivity index (χ2n) is 6.92. The lowest BCUT2D eigenvalue weighted by atomic mass is 9.95. The molecule has 0 aliphatic heterocycles. The summed E-state index contributed by atoms with van der Waals surface area (Å²) in [4.78, 5) is 12.3. The number of rotatable bonds is 4. The van der Waals surface area contributed by atoms with Crippen LogP contribution in [0.15, 0.2) is 47.1 Å². The molecule has 0 fully saturated rings. The van der Waals surface area contributed by atoms with Crippen LogP contribution in [-0.2, 0) is 17.4 Å². The van der Waals surface area contributed by atoms with Gasteiger partial charge in [0.15, 0.2) is 0 Å². The standard InChI is InChI=1S/C21H20F3NO2/c1-12(2)17-10-18-14(11-27-19(18)7-13(17)3)8-20(26)25-16-6-4-5-15(9-16)21(22,23)24/h4-7,9-12H,8H2,1-3H3,(H,25,26). The molecule has 0 aliphatic rings. The van der Waals surface area contributed by atoms with E-state index in [1.165, 1.54) is 24.0 Å². The Balaban J connectivity index is 1.81. The Hall–Kier alpha value is -2.76. The van der Waals surface area contributed by atoms with Gasteiger partial charge in [0.05, 0.1) is 18.2 Å². The first kappa shape index (κ1) is 19.0. The Morgan fingerprint density at radius 2 is 1.93 bits per heavy atom. The first-order valence-electron chi connectivity index (χ1n) is 8.63. The SMILES string of the molecule is Cc1cc2occ(CC(=O)Nc3cccc(C(F)(F)F)c3)c2cc1C(C)C. The van der Waals surface area contributed by atoms with Crippen LogP contribution in [0, 0.1) is 6.92 Å². The van der Waals surface area contributed by atoms with Crippen molar-refractivity contribution >= 4 is 22.6 Å². The van der Waals surface area contributed by atoms with Gasteiger partial charge in [-0.1, -0.05) is 19.9 Å². The molecular weight excluding hydrogens is 355 g/mol. The van der Waals surface area contributed by atoms with E-state index in [1.807, 2.05) is 19.1 Å². The molecule has 6 heteroatoms. The van der Waals surface area contributed by atoms with Crippen LogP contribution in [-0.4, -0.2) is 5.91 Å². The van der Waals surface area contributed by atoms with Gasteiger partial charge in [-0.3, -0.25) is 4.79 Å². The van der Waals surface area contributed by atoms with Crippen LogP contribution >= 0.6 is 0 Å². The number of carbonyl (C=O) groups excluding carboxylic acids is 1. The fraction of sp³-hybridized carbons (Fsp3) is 0.286. The van der Waals surface area contributed by atoms with Crippen molar-refractivity contribution in [2.45, 2.75) is 39.3 Å². The average Bonchev–Trinajstić information content (AvgIpc) is 2.95. The van der Waals surface area contributed by atoms with Crippen molar-refractivity contribution in [3.63, 3.8) is 0 Å². The summed E-state index contributed by atoms with van der Waals surface area (Å²) in [5, 5.41) is 3.38. The van der Waals surface area contributed by atoms with Crippen LogP contribution in [0.4, 0.5) is 18.9 Å². The zero-order valence-corrected chi connectivity index (χ0v) is 15.3. The third-order valence-electron chi connectivity index (χ3n) is 4.49. The summed E-state index contributed by atoms with van der Waals surface area (Å²) >= 11 is 0. The summed E-state index contributed by atoms with van der Waals surface area (Å²) in [5.74, 6) is -0.0696. The summed E-state index contributed by atoms with van der Waals surface area (Å²) < 4.78 is 43.9. The van der Waals surface area contributed by atoms with Crippen LogP contribution in [0.1, 0.15) is 42.0 Å². The van der Waals surface area contributed by atoms with Crippen molar-refractivity contribution < 1.29 is 22.4 Å². The lowest BCUT2D eigenvalue weighted by Gasteiger charge is -2.11. The Morgan fingerprint density at radius 1 is 1.19 bits per heavy atom. The molecule has 0 aliphatic carbocycles. The predicted molar refractivity (Wildman–Crippen MR) is 98.8 cm³/mol. The van der Waals surface area contributed by atoms with Gasteiger partial charge in [0.1, 0.15) is 5.58 Å². The van der Waals surface area contributed by atoms with Gasteiger partial charge in [0, 0.05) is 16.6 Å². The maximum Gasteiger partial charge on any atom is 0.416 e. The molecule has 142 valence electrons. The molecule has 0 saturated heterocycles.